The average molecular weight is 207 g/mol. The molecule has 1 saturated heterocycles. The molecule has 1 heterocycles. The van der Waals surface area contributed by atoms with E-state index in [0.29, 0.717) is 5.69 Å². The minimum Gasteiger partial charge on any atom is -0.372 e. The summed E-state index contributed by atoms with van der Waals surface area (Å²) in [5, 5.41) is 9.64. The summed E-state index contributed by atoms with van der Waals surface area (Å²) < 4.78 is 0. The standard InChI is InChI=1S/C10H13N3O2/c14-13(15)11-9-3-5-10(6-4-9)12-7-1-2-8-12/h3-6,11H,1-2,7-8H2. The van der Waals surface area contributed by atoms with Crippen LogP contribution in [-0.2, 0) is 0 Å². The van der Waals surface area contributed by atoms with Gasteiger partial charge in [-0.1, -0.05) is 0 Å². The predicted octanol–water partition coefficient (Wildman–Crippen LogP) is 1.89. The third-order valence-corrected chi connectivity index (χ3v) is 2.56. The lowest BCUT2D eigenvalue weighted by Gasteiger charge is -2.17. The normalized spacial score (nSPS) is 15.3. The number of hydrazine groups is 1. The van der Waals surface area contributed by atoms with Crippen molar-refractivity contribution in [1.29, 1.82) is 0 Å². The molecule has 2 rings (SSSR count). The van der Waals surface area contributed by atoms with Gasteiger partial charge in [0.05, 0.1) is 0 Å². The first-order valence-corrected chi connectivity index (χ1v) is 5.02. The van der Waals surface area contributed by atoms with Crippen molar-refractivity contribution < 1.29 is 5.03 Å². The van der Waals surface area contributed by atoms with Gasteiger partial charge in [-0.2, -0.15) is 0 Å². The van der Waals surface area contributed by atoms with Crippen molar-refractivity contribution in [2.45, 2.75) is 12.8 Å². The van der Waals surface area contributed by atoms with Crippen LogP contribution in [0.5, 0.6) is 0 Å². The van der Waals surface area contributed by atoms with Gasteiger partial charge in [0.15, 0.2) is 5.03 Å². The van der Waals surface area contributed by atoms with Gasteiger partial charge >= 0.3 is 0 Å². The van der Waals surface area contributed by atoms with Crippen LogP contribution in [0.3, 0.4) is 0 Å². The highest BCUT2D eigenvalue weighted by Crippen LogP contribution is 2.21. The lowest BCUT2D eigenvalue weighted by atomic mass is 10.2. The van der Waals surface area contributed by atoms with Gasteiger partial charge in [-0.15, -0.1) is 5.43 Å². The Kier molecular flexibility index (Phi) is 2.71. The van der Waals surface area contributed by atoms with Gasteiger partial charge in [0.2, 0.25) is 0 Å². The molecule has 80 valence electrons. The van der Waals surface area contributed by atoms with Crippen molar-refractivity contribution in [3.8, 4) is 0 Å². The summed E-state index contributed by atoms with van der Waals surface area (Å²) in [6.45, 7) is 2.17. The smallest absolute Gasteiger partial charge is 0.162 e. The van der Waals surface area contributed by atoms with E-state index < -0.39 is 5.03 Å². The zero-order chi connectivity index (χ0) is 10.7. The summed E-state index contributed by atoms with van der Waals surface area (Å²) in [6, 6.07) is 7.29. The van der Waals surface area contributed by atoms with Crippen LogP contribution >= 0.6 is 0 Å². The van der Waals surface area contributed by atoms with E-state index in [-0.39, 0.29) is 0 Å². The zero-order valence-electron chi connectivity index (χ0n) is 8.35. The van der Waals surface area contributed by atoms with Crippen molar-refractivity contribution in [2.24, 2.45) is 0 Å². The van der Waals surface area contributed by atoms with Gasteiger partial charge in [-0.25, -0.2) is 10.1 Å². The van der Waals surface area contributed by atoms with E-state index in [4.69, 9.17) is 0 Å². The molecule has 0 amide bonds. The van der Waals surface area contributed by atoms with Crippen LogP contribution in [0.25, 0.3) is 0 Å². The molecule has 1 aliphatic rings. The third-order valence-electron chi connectivity index (χ3n) is 2.56. The molecule has 15 heavy (non-hydrogen) atoms. The van der Waals surface area contributed by atoms with E-state index in [1.165, 1.54) is 12.8 Å². The number of nitrogens with one attached hydrogen (secondary N) is 1. The molecular weight excluding hydrogens is 194 g/mol. The molecule has 1 aromatic rings. The van der Waals surface area contributed by atoms with Crippen molar-refractivity contribution in [3.05, 3.63) is 34.4 Å². The molecule has 0 radical (unpaired) electrons. The highest BCUT2D eigenvalue weighted by molar-refractivity contribution is 5.54. The molecule has 0 spiro atoms. The molecule has 1 aliphatic heterocycles. The molecule has 5 nitrogen and oxygen atoms in total. The number of anilines is 2. The molecule has 0 aromatic heterocycles. The van der Waals surface area contributed by atoms with Crippen LogP contribution in [0, 0.1) is 10.1 Å². The zero-order valence-corrected chi connectivity index (χ0v) is 8.35. The van der Waals surface area contributed by atoms with E-state index >= 15 is 0 Å². The van der Waals surface area contributed by atoms with Crippen molar-refractivity contribution in [1.82, 2.24) is 0 Å². The first-order chi connectivity index (χ1) is 7.25. The fourth-order valence-corrected chi connectivity index (χ4v) is 1.83. The van der Waals surface area contributed by atoms with E-state index in [1.54, 1.807) is 12.1 Å². The topological polar surface area (TPSA) is 58.4 Å². The number of rotatable bonds is 3. The van der Waals surface area contributed by atoms with Crippen LogP contribution in [0.1, 0.15) is 12.8 Å². The van der Waals surface area contributed by atoms with Crippen LogP contribution in [0.2, 0.25) is 0 Å². The lowest BCUT2D eigenvalue weighted by Crippen LogP contribution is -2.17. The minimum absolute atomic E-state index is 0.517. The second-order valence-electron chi connectivity index (χ2n) is 3.61. The number of benzene rings is 1. The number of hydrogen-bond donors (Lipinski definition) is 1. The van der Waals surface area contributed by atoms with Crippen LogP contribution in [0.15, 0.2) is 24.3 Å². The first-order valence-electron chi connectivity index (χ1n) is 5.02. The number of nitro groups is 1. The van der Waals surface area contributed by atoms with E-state index in [9.17, 15) is 10.1 Å². The van der Waals surface area contributed by atoms with Gasteiger partial charge in [0.1, 0.15) is 5.69 Å². The SMILES string of the molecule is O=[N+]([O-])Nc1ccc(N2CCCC2)cc1. The lowest BCUT2D eigenvalue weighted by molar-refractivity contribution is -0.445. The fourth-order valence-electron chi connectivity index (χ4n) is 1.83. The molecule has 0 aliphatic carbocycles. The molecule has 1 fully saturated rings. The summed E-state index contributed by atoms with van der Waals surface area (Å²) in [4.78, 5) is 12.5. The first kappa shape index (κ1) is 9.76. The highest BCUT2D eigenvalue weighted by Gasteiger charge is 2.11. The monoisotopic (exact) mass is 207 g/mol. The average Bonchev–Trinajstić information content (AvgIpc) is 2.71. The van der Waals surface area contributed by atoms with E-state index in [2.05, 4.69) is 10.3 Å². The van der Waals surface area contributed by atoms with Crippen molar-refractivity contribution in [3.63, 3.8) is 0 Å². The second kappa shape index (κ2) is 4.16. The Bertz CT molecular complexity index is 344. The molecule has 0 bridgehead atoms. The molecule has 0 atom stereocenters. The molecule has 5 heteroatoms. The third kappa shape index (κ3) is 2.37. The largest absolute Gasteiger partial charge is 0.372 e. The summed E-state index contributed by atoms with van der Waals surface area (Å²) in [5.41, 5.74) is 3.78. The Hall–Kier alpha value is -1.78. The Labute approximate surface area is 87.8 Å². The summed E-state index contributed by atoms with van der Waals surface area (Å²) in [6.07, 6.45) is 2.46. The highest BCUT2D eigenvalue weighted by atomic mass is 16.7. The predicted molar refractivity (Wildman–Crippen MR) is 58.5 cm³/mol. The maximum atomic E-state index is 10.2. The summed E-state index contributed by atoms with van der Waals surface area (Å²) in [5.74, 6) is 0. The van der Waals surface area contributed by atoms with Crippen molar-refractivity contribution in [2.75, 3.05) is 23.4 Å². The van der Waals surface area contributed by atoms with E-state index in [1.807, 2.05) is 12.1 Å². The van der Waals surface area contributed by atoms with E-state index in [0.717, 1.165) is 18.8 Å². The fraction of sp³-hybridized carbons (Fsp3) is 0.400. The molecule has 0 saturated carbocycles. The maximum Gasteiger partial charge on any atom is 0.162 e. The Morgan fingerprint density at radius 3 is 2.33 bits per heavy atom. The van der Waals surface area contributed by atoms with Crippen LogP contribution in [0.4, 0.5) is 11.4 Å². The molecular formula is C10H13N3O2. The molecule has 1 aromatic carbocycles. The van der Waals surface area contributed by atoms with Gasteiger partial charge in [-0.3, -0.25) is 0 Å². The Balaban J connectivity index is 2.06. The van der Waals surface area contributed by atoms with Gasteiger partial charge in [0, 0.05) is 18.8 Å². The summed E-state index contributed by atoms with van der Waals surface area (Å²) in [7, 11) is 0. The number of hydrogen-bond acceptors (Lipinski definition) is 3. The molecule has 0 unspecified atom stereocenters. The van der Waals surface area contributed by atoms with Crippen LogP contribution in [-0.4, -0.2) is 18.1 Å². The number of nitrogens with zero attached hydrogens (tertiary/aromatic N) is 2. The Morgan fingerprint density at radius 2 is 1.80 bits per heavy atom. The maximum absolute atomic E-state index is 10.2. The second-order valence-corrected chi connectivity index (χ2v) is 3.61. The molecule has 1 N–H and O–H groups in total. The van der Waals surface area contributed by atoms with Gasteiger partial charge in [-0.05, 0) is 37.1 Å². The Morgan fingerprint density at radius 1 is 1.20 bits per heavy atom. The van der Waals surface area contributed by atoms with Crippen LogP contribution < -0.4 is 10.3 Å². The van der Waals surface area contributed by atoms with Gasteiger partial charge < -0.3 is 4.90 Å². The summed E-state index contributed by atoms with van der Waals surface area (Å²) >= 11 is 0. The quantitative estimate of drug-likeness (QED) is 0.607. The minimum atomic E-state index is -0.551. The van der Waals surface area contributed by atoms with Gasteiger partial charge in [0.25, 0.3) is 0 Å². The van der Waals surface area contributed by atoms with Crippen molar-refractivity contribution >= 4 is 11.4 Å².